The molecule has 3 aromatic rings. The van der Waals surface area contributed by atoms with E-state index in [9.17, 15) is 4.79 Å². The van der Waals surface area contributed by atoms with Gasteiger partial charge in [-0.15, -0.1) is 0 Å². The van der Waals surface area contributed by atoms with Gasteiger partial charge in [-0.1, -0.05) is 24.3 Å². The average Bonchev–Trinajstić information content (AvgIpc) is 2.57. The standard InChI is InChI=1S/C18H17NO3/c20-17-14-5-1-2-7-16(14)22-18-13(4-3-6-15(17)18)12-19-8-10-21-11-9-19/h1-7H,8-12H2. The monoisotopic (exact) mass is 295 g/mol. The number of hydrogen-bond donors (Lipinski definition) is 0. The van der Waals surface area contributed by atoms with Crippen molar-refractivity contribution >= 4 is 21.9 Å². The number of morpholine rings is 1. The van der Waals surface area contributed by atoms with Crippen LogP contribution in [0.2, 0.25) is 0 Å². The normalized spacial score (nSPS) is 16.4. The van der Waals surface area contributed by atoms with Crippen LogP contribution in [-0.2, 0) is 11.3 Å². The number of rotatable bonds is 2. The molecule has 1 saturated heterocycles. The van der Waals surface area contributed by atoms with Crippen LogP contribution in [0.1, 0.15) is 5.56 Å². The second-order valence-electron chi connectivity index (χ2n) is 5.61. The quantitative estimate of drug-likeness (QED) is 0.682. The first-order valence-corrected chi connectivity index (χ1v) is 7.56. The third-order valence-corrected chi connectivity index (χ3v) is 4.18. The van der Waals surface area contributed by atoms with Crippen LogP contribution in [0.3, 0.4) is 0 Å². The first-order valence-electron chi connectivity index (χ1n) is 7.56. The summed E-state index contributed by atoms with van der Waals surface area (Å²) >= 11 is 0. The molecule has 0 radical (unpaired) electrons. The van der Waals surface area contributed by atoms with Crippen LogP contribution in [0.15, 0.2) is 51.7 Å². The van der Waals surface area contributed by atoms with E-state index in [-0.39, 0.29) is 5.43 Å². The maximum absolute atomic E-state index is 12.6. The Morgan fingerprint density at radius 3 is 2.59 bits per heavy atom. The Bertz CT molecular complexity index is 878. The van der Waals surface area contributed by atoms with Crippen LogP contribution in [0, 0.1) is 0 Å². The fourth-order valence-electron chi connectivity index (χ4n) is 3.01. The highest BCUT2D eigenvalue weighted by molar-refractivity contribution is 5.90. The molecule has 112 valence electrons. The SMILES string of the molecule is O=c1c2ccccc2oc2c(CN3CCOCC3)cccc12. The zero-order valence-electron chi connectivity index (χ0n) is 12.2. The van der Waals surface area contributed by atoms with Crippen molar-refractivity contribution in [3.8, 4) is 0 Å². The Labute approximate surface area is 127 Å². The molecule has 1 fully saturated rings. The molecule has 2 heterocycles. The van der Waals surface area contributed by atoms with Crippen molar-refractivity contribution in [2.45, 2.75) is 6.54 Å². The summed E-state index contributed by atoms with van der Waals surface area (Å²) in [6.45, 7) is 4.12. The van der Waals surface area contributed by atoms with Crippen molar-refractivity contribution in [1.29, 1.82) is 0 Å². The fourth-order valence-corrected chi connectivity index (χ4v) is 3.01. The maximum Gasteiger partial charge on any atom is 0.200 e. The zero-order valence-corrected chi connectivity index (χ0v) is 12.2. The molecule has 0 saturated carbocycles. The van der Waals surface area contributed by atoms with E-state index in [4.69, 9.17) is 9.15 Å². The van der Waals surface area contributed by atoms with Gasteiger partial charge in [0.2, 0.25) is 5.43 Å². The highest BCUT2D eigenvalue weighted by Gasteiger charge is 2.15. The molecule has 2 aromatic carbocycles. The Kier molecular flexibility index (Phi) is 3.41. The topological polar surface area (TPSA) is 42.7 Å². The van der Waals surface area contributed by atoms with Crippen molar-refractivity contribution < 1.29 is 9.15 Å². The fraction of sp³-hybridized carbons (Fsp3) is 0.278. The van der Waals surface area contributed by atoms with Gasteiger partial charge in [0.25, 0.3) is 0 Å². The van der Waals surface area contributed by atoms with Gasteiger partial charge in [0, 0.05) is 25.2 Å². The molecule has 1 aliphatic heterocycles. The summed E-state index contributed by atoms with van der Waals surface area (Å²) in [5.41, 5.74) is 2.45. The summed E-state index contributed by atoms with van der Waals surface area (Å²) in [4.78, 5) is 15.0. The predicted octanol–water partition coefficient (Wildman–Crippen LogP) is 2.78. The third kappa shape index (κ3) is 2.30. The van der Waals surface area contributed by atoms with Gasteiger partial charge in [0.1, 0.15) is 11.2 Å². The summed E-state index contributed by atoms with van der Waals surface area (Å²) in [7, 11) is 0. The minimum Gasteiger partial charge on any atom is -0.455 e. The lowest BCUT2D eigenvalue weighted by Crippen LogP contribution is -2.35. The van der Waals surface area contributed by atoms with Crippen molar-refractivity contribution in [1.82, 2.24) is 4.90 Å². The number of ether oxygens (including phenoxy) is 1. The van der Waals surface area contributed by atoms with E-state index in [2.05, 4.69) is 4.90 Å². The van der Waals surface area contributed by atoms with Gasteiger partial charge >= 0.3 is 0 Å². The molecule has 0 unspecified atom stereocenters. The van der Waals surface area contributed by atoms with E-state index in [1.165, 1.54) is 0 Å². The molecule has 0 spiro atoms. The predicted molar refractivity (Wildman–Crippen MR) is 86.1 cm³/mol. The summed E-state index contributed by atoms with van der Waals surface area (Å²) in [6, 6.07) is 13.2. The Hall–Kier alpha value is -2.17. The second-order valence-corrected chi connectivity index (χ2v) is 5.61. The molecular formula is C18H17NO3. The molecule has 4 nitrogen and oxygen atoms in total. The second kappa shape index (κ2) is 5.55. The third-order valence-electron chi connectivity index (χ3n) is 4.18. The van der Waals surface area contributed by atoms with E-state index in [0.717, 1.165) is 38.4 Å². The highest BCUT2D eigenvalue weighted by Crippen LogP contribution is 2.23. The van der Waals surface area contributed by atoms with Gasteiger partial charge in [-0.2, -0.15) is 0 Å². The van der Waals surface area contributed by atoms with Gasteiger partial charge in [0.15, 0.2) is 0 Å². The molecule has 4 heteroatoms. The van der Waals surface area contributed by atoms with Crippen molar-refractivity contribution in [3.05, 3.63) is 58.3 Å². The van der Waals surface area contributed by atoms with Crippen LogP contribution < -0.4 is 5.43 Å². The maximum atomic E-state index is 12.6. The number of nitrogens with zero attached hydrogens (tertiary/aromatic N) is 1. The lowest BCUT2D eigenvalue weighted by atomic mass is 10.1. The van der Waals surface area contributed by atoms with Crippen molar-refractivity contribution in [3.63, 3.8) is 0 Å². The Morgan fingerprint density at radius 1 is 0.955 bits per heavy atom. The lowest BCUT2D eigenvalue weighted by Gasteiger charge is -2.26. The van der Waals surface area contributed by atoms with Crippen LogP contribution in [0.4, 0.5) is 0 Å². The molecule has 0 amide bonds. The van der Waals surface area contributed by atoms with Gasteiger partial charge in [0.05, 0.1) is 24.0 Å². The van der Waals surface area contributed by atoms with E-state index >= 15 is 0 Å². The Morgan fingerprint density at radius 2 is 1.73 bits per heavy atom. The molecule has 0 atom stereocenters. The average molecular weight is 295 g/mol. The summed E-state index contributed by atoms with van der Waals surface area (Å²) < 4.78 is 11.4. The minimum atomic E-state index is 0.0423. The van der Waals surface area contributed by atoms with Crippen LogP contribution in [-0.4, -0.2) is 31.2 Å². The smallest absolute Gasteiger partial charge is 0.200 e. The van der Waals surface area contributed by atoms with Crippen LogP contribution in [0.5, 0.6) is 0 Å². The molecule has 1 aromatic heterocycles. The number of benzene rings is 2. The van der Waals surface area contributed by atoms with E-state index in [0.29, 0.717) is 21.9 Å². The van der Waals surface area contributed by atoms with Crippen LogP contribution >= 0.6 is 0 Å². The molecule has 0 aliphatic carbocycles. The van der Waals surface area contributed by atoms with Gasteiger partial charge in [-0.05, 0) is 18.2 Å². The largest absolute Gasteiger partial charge is 0.455 e. The van der Waals surface area contributed by atoms with Crippen LogP contribution in [0.25, 0.3) is 21.9 Å². The molecular weight excluding hydrogens is 278 g/mol. The summed E-state index contributed by atoms with van der Waals surface area (Å²) in [5, 5.41) is 1.29. The molecule has 4 rings (SSSR count). The number of fused-ring (bicyclic) bond motifs is 2. The van der Waals surface area contributed by atoms with Gasteiger partial charge in [-0.25, -0.2) is 0 Å². The first-order chi connectivity index (χ1) is 10.8. The zero-order chi connectivity index (χ0) is 14.9. The van der Waals surface area contributed by atoms with Gasteiger partial charge < -0.3 is 9.15 Å². The molecule has 0 bridgehead atoms. The summed E-state index contributed by atoms with van der Waals surface area (Å²) in [6.07, 6.45) is 0. The van der Waals surface area contributed by atoms with Gasteiger partial charge in [-0.3, -0.25) is 9.69 Å². The van der Waals surface area contributed by atoms with E-state index < -0.39 is 0 Å². The lowest BCUT2D eigenvalue weighted by molar-refractivity contribution is 0.0342. The summed E-state index contributed by atoms with van der Waals surface area (Å²) in [5.74, 6) is 0. The molecule has 0 N–H and O–H groups in total. The Balaban J connectivity index is 1.86. The minimum absolute atomic E-state index is 0.0423. The van der Waals surface area contributed by atoms with E-state index in [1.807, 2.05) is 42.5 Å². The van der Waals surface area contributed by atoms with Crippen molar-refractivity contribution in [2.24, 2.45) is 0 Å². The first kappa shape index (κ1) is 13.5. The number of para-hydroxylation sites is 2. The molecule has 1 aliphatic rings. The molecule has 22 heavy (non-hydrogen) atoms. The number of hydrogen-bond acceptors (Lipinski definition) is 4. The highest BCUT2D eigenvalue weighted by atomic mass is 16.5. The van der Waals surface area contributed by atoms with E-state index in [1.54, 1.807) is 0 Å². The van der Waals surface area contributed by atoms with Crippen molar-refractivity contribution in [2.75, 3.05) is 26.3 Å².